The predicted molar refractivity (Wildman–Crippen MR) is 91.8 cm³/mol. The van der Waals surface area contributed by atoms with Crippen LogP contribution in [-0.4, -0.2) is 42.6 Å². The van der Waals surface area contributed by atoms with Gasteiger partial charge >= 0.3 is 0 Å². The van der Waals surface area contributed by atoms with E-state index in [1.807, 2.05) is 6.07 Å². The van der Waals surface area contributed by atoms with Crippen LogP contribution < -0.4 is 4.74 Å². The van der Waals surface area contributed by atoms with Crippen LogP contribution in [0.3, 0.4) is 0 Å². The second-order valence-corrected chi connectivity index (χ2v) is 6.15. The monoisotopic (exact) mass is 366 g/mol. The summed E-state index contributed by atoms with van der Waals surface area (Å²) >= 11 is 12.0. The van der Waals surface area contributed by atoms with Crippen LogP contribution in [0.5, 0.6) is 5.75 Å². The minimum Gasteiger partial charge on any atom is -0.494 e. The molecule has 0 unspecified atom stereocenters. The molecule has 1 aromatic heterocycles. The first-order chi connectivity index (χ1) is 11.6. The lowest BCUT2D eigenvalue weighted by Gasteiger charge is -2.33. The number of carbonyl (C=O) groups is 1. The molecule has 24 heavy (non-hydrogen) atoms. The molecule has 1 atom stereocenters. The maximum Gasteiger partial charge on any atom is 0.276 e. The van der Waals surface area contributed by atoms with Crippen LogP contribution >= 0.6 is 23.2 Å². The van der Waals surface area contributed by atoms with Gasteiger partial charge in [-0.05, 0) is 29.8 Å². The van der Waals surface area contributed by atoms with Crippen LogP contribution in [0.2, 0.25) is 10.0 Å². The number of pyridine rings is 1. The van der Waals surface area contributed by atoms with Crippen LogP contribution in [0, 0.1) is 0 Å². The van der Waals surface area contributed by atoms with E-state index in [-0.39, 0.29) is 12.0 Å². The lowest BCUT2D eigenvalue weighted by atomic mass is 10.1. The summed E-state index contributed by atoms with van der Waals surface area (Å²) in [6, 6.07) is 8.80. The minimum absolute atomic E-state index is 0.180. The van der Waals surface area contributed by atoms with Gasteiger partial charge in [-0.2, -0.15) is 0 Å². The van der Waals surface area contributed by atoms with Gasteiger partial charge in [0, 0.05) is 12.7 Å². The maximum absolute atomic E-state index is 12.8. The molecule has 7 heteroatoms. The van der Waals surface area contributed by atoms with Crippen molar-refractivity contribution in [1.29, 1.82) is 0 Å². The largest absolute Gasteiger partial charge is 0.494 e. The lowest BCUT2D eigenvalue weighted by Crippen LogP contribution is -2.42. The van der Waals surface area contributed by atoms with Gasteiger partial charge in [0.25, 0.3) is 5.91 Å². The summed E-state index contributed by atoms with van der Waals surface area (Å²) in [5.41, 5.74) is 1.18. The molecule has 0 saturated carbocycles. The van der Waals surface area contributed by atoms with E-state index in [1.54, 1.807) is 35.4 Å². The highest BCUT2D eigenvalue weighted by atomic mass is 35.5. The molecule has 1 aliphatic rings. The van der Waals surface area contributed by atoms with E-state index in [0.29, 0.717) is 41.2 Å². The van der Waals surface area contributed by atoms with Crippen LogP contribution in [-0.2, 0) is 4.74 Å². The average molecular weight is 367 g/mol. The number of morpholine rings is 1. The van der Waals surface area contributed by atoms with E-state index in [9.17, 15) is 4.79 Å². The molecular formula is C17H16Cl2N2O3. The molecule has 0 radical (unpaired) electrons. The first kappa shape index (κ1) is 17.0. The third kappa shape index (κ3) is 3.48. The second kappa shape index (κ2) is 7.38. The SMILES string of the molecule is COc1cccnc1C(=O)N1CCO[C@H](c2ccc(Cl)c(Cl)c2)C1. The molecule has 2 aromatic rings. The fraction of sp³-hybridized carbons (Fsp3) is 0.294. The van der Waals surface area contributed by atoms with Gasteiger partial charge in [0.05, 0.1) is 30.3 Å². The molecule has 1 amide bonds. The second-order valence-electron chi connectivity index (χ2n) is 5.34. The van der Waals surface area contributed by atoms with Gasteiger partial charge < -0.3 is 14.4 Å². The van der Waals surface area contributed by atoms with E-state index in [1.165, 1.54) is 7.11 Å². The van der Waals surface area contributed by atoms with Gasteiger partial charge in [0.1, 0.15) is 11.9 Å². The van der Waals surface area contributed by atoms with Crippen molar-refractivity contribution in [3.63, 3.8) is 0 Å². The number of amides is 1. The lowest BCUT2D eigenvalue weighted by molar-refractivity contribution is -0.0231. The molecule has 1 aromatic carbocycles. The van der Waals surface area contributed by atoms with Gasteiger partial charge in [-0.25, -0.2) is 4.98 Å². The van der Waals surface area contributed by atoms with Crippen LogP contribution in [0.25, 0.3) is 0 Å². The Hall–Kier alpha value is -1.82. The topological polar surface area (TPSA) is 51.7 Å². The summed E-state index contributed by atoms with van der Waals surface area (Å²) in [6.07, 6.45) is 1.32. The van der Waals surface area contributed by atoms with Crippen molar-refractivity contribution >= 4 is 29.1 Å². The number of halogens is 2. The van der Waals surface area contributed by atoms with E-state index >= 15 is 0 Å². The van der Waals surface area contributed by atoms with Gasteiger partial charge in [-0.1, -0.05) is 29.3 Å². The van der Waals surface area contributed by atoms with Crippen molar-refractivity contribution in [1.82, 2.24) is 9.88 Å². The Kier molecular flexibility index (Phi) is 5.23. The molecule has 1 fully saturated rings. The normalized spacial score (nSPS) is 17.6. The Balaban J connectivity index is 1.80. The number of benzene rings is 1. The molecule has 0 aliphatic carbocycles. The van der Waals surface area contributed by atoms with E-state index < -0.39 is 0 Å². The number of carbonyl (C=O) groups excluding carboxylic acids is 1. The summed E-state index contributed by atoms with van der Waals surface area (Å²) in [5.74, 6) is 0.279. The zero-order chi connectivity index (χ0) is 17.1. The minimum atomic E-state index is -0.257. The van der Waals surface area contributed by atoms with Crippen molar-refractivity contribution in [2.24, 2.45) is 0 Å². The quantitative estimate of drug-likeness (QED) is 0.832. The number of ether oxygens (including phenoxy) is 2. The molecule has 126 valence electrons. The average Bonchev–Trinajstić information content (AvgIpc) is 2.63. The predicted octanol–water partition coefficient (Wildman–Crippen LogP) is 3.61. The Labute approximate surface area is 150 Å². The number of hydrogen-bond acceptors (Lipinski definition) is 4. The molecule has 2 heterocycles. The van der Waals surface area contributed by atoms with E-state index in [2.05, 4.69) is 4.98 Å². The van der Waals surface area contributed by atoms with Gasteiger partial charge in [-0.3, -0.25) is 4.79 Å². The Morgan fingerprint density at radius 3 is 2.92 bits per heavy atom. The summed E-state index contributed by atoms with van der Waals surface area (Å²) in [6.45, 7) is 1.35. The van der Waals surface area contributed by atoms with Crippen LogP contribution in [0.4, 0.5) is 0 Å². The first-order valence-electron chi connectivity index (χ1n) is 7.45. The summed E-state index contributed by atoms with van der Waals surface area (Å²) < 4.78 is 11.0. The number of hydrogen-bond donors (Lipinski definition) is 0. The van der Waals surface area contributed by atoms with Crippen molar-refractivity contribution in [3.05, 3.63) is 57.8 Å². The molecule has 1 saturated heterocycles. The molecule has 3 rings (SSSR count). The van der Waals surface area contributed by atoms with Crippen molar-refractivity contribution in [2.75, 3.05) is 26.8 Å². The van der Waals surface area contributed by atoms with E-state index in [0.717, 1.165) is 5.56 Å². The van der Waals surface area contributed by atoms with Crippen molar-refractivity contribution in [3.8, 4) is 5.75 Å². The van der Waals surface area contributed by atoms with Gasteiger partial charge in [-0.15, -0.1) is 0 Å². The molecular weight excluding hydrogens is 351 g/mol. The Morgan fingerprint density at radius 2 is 2.17 bits per heavy atom. The van der Waals surface area contributed by atoms with Crippen molar-refractivity contribution in [2.45, 2.75) is 6.10 Å². The number of rotatable bonds is 3. The van der Waals surface area contributed by atoms with Crippen LogP contribution in [0.15, 0.2) is 36.5 Å². The maximum atomic E-state index is 12.8. The highest BCUT2D eigenvalue weighted by molar-refractivity contribution is 6.42. The summed E-state index contributed by atoms with van der Waals surface area (Å²) in [7, 11) is 1.52. The third-order valence-electron chi connectivity index (χ3n) is 3.86. The standard InChI is InChI=1S/C17H16Cl2N2O3/c1-23-14-3-2-6-20-16(14)17(22)21-7-8-24-15(10-21)11-4-5-12(18)13(19)9-11/h2-6,9,15H,7-8,10H2,1H3/t15-/m0/s1. The number of aromatic nitrogens is 1. The smallest absolute Gasteiger partial charge is 0.276 e. The number of methoxy groups -OCH3 is 1. The number of nitrogens with zero attached hydrogens (tertiary/aromatic N) is 2. The molecule has 0 N–H and O–H groups in total. The zero-order valence-electron chi connectivity index (χ0n) is 13.0. The molecule has 1 aliphatic heterocycles. The highest BCUT2D eigenvalue weighted by Crippen LogP contribution is 2.29. The van der Waals surface area contributed by atoms with Gasteiger partial charge in [0.2, 0.25) is 0 Å². The first-order valence-corrected chi connectivity index (χ1v) is 8.20. The Morgan fingerprint density at radius 1 is 1.33 bits per heavy atom. The highest BCUT2D eigenvalue weighted by Gasteiger charge is 2.28. The fourth-order valence-electron chi connectivity index (χ4n) is 2.61. The van der Waals surface area contributed by atoms with Crippen molar-refractivity contribution < 1.29 is 14.3 Å². The fourth-order valence-corrected chi connectivity index (χ4v) is 2.92. The molecule has 0 bridgehead atoms. The van der Waals surface area contributed by atoms with Crippen LogP contribution in [0.1, 0.15) is 22.2 Å². The molecule has 5 nitrogen and oxygen atoms in total. The molecule has 0 spiro atoms. The summed E-state index contributed by atoms with van der Waals surface area (Å²) in [4.78, 5) is 18.6. The van der Waals surface area contributed by atoms with Gasteiger partial charge in [0.15, 0.2) is 5.69 Å². The summed E-state index contributed by atoms with van der Waals surface area (Å²) in [5, 5.41) is 0.954. The zero-order valence-corrected chi connectivity index (χ0v) is 14.5. The van der Waals surface area contributed by atoms with E-state index in [4.69, 9.17) is 32.7 Å². The third-order valence-corrected chi connectivity index (χ3v) is 4.60. The Bertz CT molecular complexity index is 754.